The second-order valence-corrected chi connectivity index (χ2v) is 5.17. The average molecular weight is 108 g/mol. The normalized spacial score (nSPS) is 9.83. The molecule has 0 spiro atoms. The highest BCUT2D eigenvalue weighted by Crippen LogP contribution is 1.78. The number of hydrogen-bond acceptors (Lipinski definition) is 1. The van der Waals surface area contributed by atoms with Gasteiger partial charge in [-0.05, 0) is 0 Å². The Morgan fingerprint density at radius 1 is 1.17 bits per heavy atom. The molecule has 0 unspecified atom stereocenters. The summed E-state index contributed by atoms with van der Waals surface area (Å²) in [6.45, 7) is 0. The van der Waals surface area contributed by atoms with E-state index in [1.165, 1.54) is 0 Å². The molecule has 1 nitrogen and oxygen atoms in total. The summed E-state index contributed by atoms with van der Waals surface area (Å²) in [6, 6.07) is 0. The molecule has 0 saturated carbocycles. The molecule has 0 aromatic rings. The van der Waals surface area contributed by atoms with E-state index in [4.69, 9.17) is 0 Å². The maximum Gasteiger partial charge on any atom is 0.101 e. The first kappa shape index (κ1) is 9.47. The molecule has 40 valence electrons. The van der Waals surface area contributed by atoms with E-state index >= 15 is 0 Å². The predicted molar refractivity (Wildman–Crippen MR) is 32.2 cm³/mol. The molecule has 0 aromatic heterocycles. The van der Waals surface area contributed by atoms with Gasteiger partial charge in [0, 0.05) is 0 Å². The van der Waals surface area contributed by atoms with Crippen molar-refractivity contribution in [3.8, 4) is 0 Å². The van der Waals surface area contributed by atoms with Gasteiger partial charge in [0.05, 0.1) is 9.93 Å². The molecular formula is C4H12OS. The van der Waals surface area contributed by atoms with Gasteiger partial charge < -0.3 is 7.43 Å². The van der Waals surface area contributed by atoms with Crippen LogP contribution in [0.5, 0.6) is 0 Å². The van der Waals surface area contributed by atoms with Crippen molar-refractivity contribution in [2.45, 2.75) is 0 Å². The van der Waals surface area contributed by atoms with Crippen LogP contribution < -0.4 is 0 Å². The summed E-state index contributed by atoms with van der Waals surface area (Å²) in [5.41, 5.74) is 0. The lowest BCUT2D eigenvalue weighted by atomic mass is 11.9. The summed E-state index contributed by atoms with van der Waals surface area (Å²) in [7, 11) is -1.42. The molecule has 0 radical (unpaired) electrons. The van der Waals surface area contributed by atoms with Crippen LogP contribution in [0.4, 0.5) is 0 Å². The van der Waals surface area contributed by atoms with E-state index < -0.39 is 9.93 Å². The zero-order chi connectivity index (χ0) is 4.50. The van der Waals surface area contributed by atoms with Crippen molar-refractivity contribution >= 4 is 9.93 Å². The maximum absolute atomic E-state index is 10.2. The Hall–Kier alpha value is 0.150. The highest BCUT2D eigenvalue weighted by atomic mass is 32.2. The van der Waals surface area contributed by atoms with Crippen molar-refractivity contribution in [2.24, 2.45) is 0 Å². The maximum atomic E-state index is 10.2. The fourth-order valence-corrected chi connectivity index (χ4v) is 0. The van der Waals surface area contributed by atoms with Crippen molar-refractivity contribution in [1.82, 2.24) is 0 Å². The molecule has 2 heteroatoms. The summed E-state index contributed by atoms with van der Waals surface area (Å²) in [6.07, 6.45) is 5.15. The molecule has 6 heavy (non-hydrogen) atoms. The van der Waals surface area contributed by atoms with Crippen molar-refractivity contribution < 1.29 is 4.21 Å². The van der Waals surface area contributed by atoms with Gasteiger partial charge in [0.15, 0.2) is 0 Å². The molecule has 0 aliphatic heterocycles. The first-order chi connectivity index (χ1) is 2.00. The fraction of sp³-hybridized carbons (Fsp3) is 0.750. The number of rotatable bonds is 0. The highest BCUT2D eigenvalue weighted by Gasteiger charge is 1.95. The van der Waals surface area contributed by atoms with Gasteiger partial charge in [-0.25, -0.2) is 0 Å². The minimum atomic E-state index is -1.42. The Morgan fingerprint density at radius 3 is 1.17 bits per heavy atom. The van der Waals surface area contributed by atoms with E-state index in [1.54, 1.807) is 18.8 Å². The summed E-state index contributed by atoms with van der Waals surface area (Å²) in [5, 5.41) is 0. The van der Waals surface area contributed by atoms with Crippen LogP contribution in [0.3, 0.4) is 0 Å². The van der Waals surface area contributed by atoms with Crippen LogP contribution in [0.2, 0.25) is 0 Å². The van der Waals surface area contributed by atoms with Crippen LogP contribution in [0.25, 0.3) is 0 Å². The smallest absolute Gasteiger partial charge is 0.101 e. The van der Waals surface area contributed by atoms with E-state index in [1.807, 2.05) is 0 Å². The molecule has 0 aliphatic rings. The first-order valence-corrected chi connectivity index (χ1v) is 4.17. The second-order valence-electron chi connectivity index (χ2n) is 1.72. The highest BCUT2D eigenvalue weighted by molar-refractivity contribution is 8.00. The Balaban J connectivity index is 0. The largest absolute Gasteiger partial charge is 0.358 e. The lowest BCUT2D eigenvalue weighted by Crippen LogP contribution is -1.97. The molecule has 0 atom stereocenters. The van der Waals surface area contributed by atoms with E-state index in [-0.39, 0.29) is 7.43 Å². The molecule has 0 aliphatic carbocycles. The van der Waals surface area contributed by atoms with E-state index in [2.05, 4.69) is 0 Å². The van der Waals surface area contributed by atoms with Gasteiger partial charge >= 0.3 is 0 Å². The number of hydrogen-bond donors (Lipinski definition) is 0. The molecular weight excluding hydrogens is 96.1 g/mol. The monoisotopic (exact) mass is 108 g/mol. The third-order valence-electron chi connectivity index (χ3n) is 0. The third kappa shape index (κ3) is 1830. The Labute approximate surface area is 41.2 Å². The average Bonchev–Trinajstić information content (AvgIpc) is 0.722. The van der Waals surface area contributed by atoms with E-state index in [0.717, 1.165) is 0 Å². The van der Waals surface area contributed by atoms with E-state index in [0.29, 0.717) is 0 Å². The van der Waals surface area contributed by atoms with Crippen LogP contribution >= 0.6 is 0 Å². The minimum absolute atomic E-state index is 0. The van der Waals surface area contributed by atoms with E-state index in [9.17, 15) is 4.21 Å². The van der Waals surface area contributed by atoms with Crippen LogP contribution in [0.15, 0.2) is 0 Å². The standard InChI is InChI=1S/C3H9OS.CH3/c1-5(2,3)4;/h1-3H3;1H3/q+1;-1. The molecule has 0 aromatic carbocycles. The molecule has 0 bridgehead atoms. The quantitative estimate of drug-likeness (QED) is 0.332. The van der Waals surface area contributed by atoms with Gasteiger partial charge in [0.2, 0.25) is 0 Å². The van der Waals surface area contributed by atoms with Crippen molar-refractivity contribution in [3.63, 3.8) is 0 Å². The SMILES string of the molecule is C[S+](C)(C)=O.[CH3-]. The zero-order valence-corrected chi connectivity index (χ0v) is 5.63. The molecule has 0 amide bonds. The van der Waals surface area contributed by atoms with Crippen LogP contribution in [0.1, 0.15) is 0 Å². The van der Waals surface area contributed by atoms with Crippen LogP contribution in [0, 0.1) is 7.43 Å². The predicted octanol–water partition coefficient (Wildman–Crippen LogP) is 0.826. The zero-order valence-electron chi connectivity index (χ0n) is 4.82. The summed E-state index contributed by atoms with van der Waals surface area (Å²) < 4.78 is 10.2. The van der Waals surface area contributed by atoms with Gasteiger partial charge in [-0.1, -0.05) is 0 Å². The summed E-state index contributed by atoms with van der Waals surface area (Å²) in [5.74, 6) is 0. The molecule has 0 rings (SSSR count). The fourth-order valence-electron chi connectivity index (χ4n) is 0. The van der Waals surface area contributed by atoms with Gasteiger partial charge in [-0.2, -0.15) is 0 Å². The van der Waals surface area contributed by atoms with Crippen molar-refractivity contribution in [2.75, 3.05) is 18.8 Å². The minimum Gasteiger partial charge on any atom is -0.358 e. The van der Waals surface area contributed by atoms with Gasteiger partial charge in [-0.15, -0.1) is 4.21 Å². The Morgan fingerprint density at radius 2 is 1.17 bits per heavy atom. The van der Waals surface area contributed by atoms with Gasteiger partial charge in [-0.3, -0.25) is 0 Å². The van der Waals surface area contributed by atoms with Crippen molar-refractivity contribution in [3.05, 3.63) is 7.43 Å². The molecule has 0 heterocycles. The molecule has 0 N–H and O–H groups in total. The topological polar surface area (TPSA) is 17.1 Å². The first-order valence-electron chi connectivity index (χ1n) is 1.39. The van der Waals surface area contributed by atoms with Crippen molar-refractivity contribution in [1.29, 1.82) is 0 Å². The Kier molecular flexibility index (Phi) is 3.70. The second kappa shape index (κ2) is 2.35. The molecule has 0 fully saturated rings. The lowest BCUT2D eigenvalue weighted by Gasteiger charge is -1.80. The molecule has 0 saturated heterocycles. The Bertz CT molecular complexity index is 53.7. The summed E-state index contributed by atoms with van der Waals surface area (Å²) in [4.78, 5) is 0. The third-order valence-corrected chi connectivity index (χ3v) is 0. The van der Waals surface area contributed by atoms with Crippen LogP contribution in [-0.4, -0.2) is 18.8 Å². The van der Waals surface area contributed by atoms with Gasteiger partial charge in [0.25, 0.3) is 0 Å². The van der Waals surface area contributed by atoms with Gasteiger partial charge in [0.1, 0.15) is 18.8 Å². The lowest BCUT2D eigenvalue weighted by molar-refractivity contribution is 0.594. The van der Waals surface area contributed by atoms with Crippen LogP contribution in [-0.2, 0) is 14.1 Å². The summed E-state index contributed by atoms with van der Waals surface area (Å²) >= 11 is 0.